The average molecular weight is 938 g/mol. The van der Waals surface area contributed by atoms with E-state index >= 15 is 0 Å². The van der Waals surface area contributed by atoms with E-state index in [4.69, 9.17) is 18.9 Å². The molecule has 0 aliphatic carbocycles. The molecule has 0 radical (unpaired) electrons. The number of carbonyl (C=O) groups excluding carboxylic acids is 5. The highest BCUT2D eigenvalue weighted by atomic mass is 16.6. The molecule has 18 nitrogen and oxygen atoms in total. The van der Waals surface area contributed by atoms with Crippen molar-refractivity contribution in [1.82, 2.24) is 30.2 Å². The van der Waals surface area contributed by atoms with Gasteiger partial charge in [-0.1, -0.05) is 104 Å². The number of unbranched alkanes of at least 4 members (excludes halogenated alkanes) is 3. The Bertz CT molecular complexity index is 2080. The minimum Gasteiger partial charge on any atom is -0.460 e. The summed E-state index contributed by atoms with van der Waals surface area (Å²) in [7, 11) is 0. The standard InChI is InChI=1S/C50H63N7O11/c58-46(51-24-12-1-2-13-25-52-50(62)68-45-22-20-44(21-23-45)57(63)64)34-53-26-28-54(35-47(59)65-38-41-14-6-3-7-15-41)30-32-56(37-49(61)67-40-43-18-10-5-11-19-43)33-31-55(29-27-53)36-48(60)66-39-42-16-8-4-9-17-42/h3-11,14-23H,1-2,12-13,24-40H2,(H,51,58)(H,52,62). The first-order chi connectivity index (χ1) is 33.1. The van der Waals surface area contributed by atoms with Crippen molar-refractivity contribution >= 4 is 35.6 Å². The monoisotopic (exact) mass is 937 g/mol. The molecule has 1 heterocycles. The first kappa shape index (κ1) is 52.2. The number of nitrogens with one attached hydrogen (secondary N) is 2. The summed E-state index contributed by atoms with van der Waals surface area (Å²) in [5.74, 6) is -1.13. The Hall–Kier alpha value is -6.73. The lowest BCUT2D eigenvalue weighted by atomic mass is 10.2. The van der Waals surface area contributed by atoms with Gasteiger partial charge in [0.05, 0.1) is 31.1 Å². The average Bonchev–Trinajstić information content (AvgIpc) is 3.34. The van der Waals surface area contributed by atoms with E-state index < -0.39 is 28.9 Å². The second kappa shape index (κ2) is 29.8. The Labute approximate surface area is 397 Å². The Morgan fingerprint density at radius 2 is 0.824 bits per heavy atom. The molecule has 1 aliphatic heterocycles. The zero-order valence-corrected chi connectivity index (χ0v) is 38.5. The zero-order chi connectivity index (χ0) is 48.2. The van der Waals surface area contributed by atoms with E-state index in [1.165, 1.54) is 24.3 Å². The molecule has 18 heteroatoms. The van der Waals surface area contributed by atoms with Crippen molar-refractivity contribution in [3.8, 4) is 5.75 Å². The van der Waals surface area contributed by atoms with Crippen LogP contribution in [0.2, 0.25) is 0 Å². The van der Waals surface area contributed by atoms with Gasteiger partial charge < -0.3 is 29.6 Å². The van der Waals surface area contributed by atoms with Crippen molar-refractivity contribution in [2.24, 2.45) is 0 Å². The number of hydrogen-bond donors (Lipinski definition) is 2. The van der Waals surface area contributed by atoms with Gasteiger partial charge in [0.1, 0.15) is 25.6 Å². The molecule has 0 aromatic heterocycles. The lowest BCUT2D eigenvalue weighted by Crippen LogP contribution is -2.50. The van der Waals surface area contributed by atoms with Gasteiger partial charge in [0.15, 0.2) is 0 Å². The van der Waals surface area contributed by atoms with Crippen molar-refractivity contribution in [2.75, 3.05) is 91.6 Å². The smallest absolute Gasteiger partial charge is 0.412 e. The molecule has 0 unspecified atom stereocenters. The van der Waals surface area contributed by atoms with Crippen molar-refractivity contribution in [3.05, 3.63) is 142 Å². The van der Waals surface area contributed by atoms with Crippen LogP contribution in [0, 0.1) is 10.1 Å². The normalized spacial score (nSPS) is 14.4. The van der Waals surface area contributed by atoms with E-state index in [-0.39, 0.29) is 63.3 Å². The molecule has 5 rings (SSSR count). The molecule has 4 aromatic rings. The molecule has 2 N–H and O–H groups in total. The van der Waals surface area contributed by atoms with Crippen LogP contribution in [0.25, 0.3) is 0 Å². The number of hydrogen-bond acceptors (Lipinski definition) is 15. The first-order valence-electron chi connectivity index (χ1n) is 23.0. The summed E-state index contributed by atoms with van der Waals surface area (Å²) in [4.78, 5) is 83.4. The van der Waals surface area contributed by atoms with Gasteiger partial charge in [-0.2, -0.15) is 0 Å². The van der Waals surface area contributed by atoms with Gasteiger partial charge in [0.2, 0.25) is 5.91 Å². The third-order valence-corrected chi connectivity index (χ3v) is 11.0. The van der Waals surface area contributed by atoms with Crippen LogP contribution in [0.5, 0.6) is 5.75 Å². The van der Waals surface area contributed by atoms with Crippen LogP contribution in [-0.4, -0.2) is 146 Å². The number of esters is 3. The molecule has 2 amide bonds. The third kappa shape index (κ3) is 21.3. The number of nitro benzene ring substituents is 1. The van der Waals surface area contributed by atoms with Gasteiger partial charge in [0, 0.05) is 77.6 Å². The van der Waals surface area contributed by atoms with Crippen LogP contribution in [0.3, 0.4) is 0 Å². The summed E-state index contributed by atoms with van der Waals surface area (Å²) in [6, 6.07) is 33.6. The zero-order valence-electron chi connectivity index (χ0n) is 38.5. The molecule has 1 saturated heterocycles. The fraction of sp³-hybridized carbons (Fsp3) is 0.420. The minimum absolute atomic E-state index is 0.00896. The number of rotatable bonds is 23. The number of non-ortho nitro benzene ring substituents is 1. The van der Waals surface area contributed by atoms with E-state index in [0.29, 0.717) is 71.9 Å². The number of amides is 2. The van der Waals surface area contributed by atoms with Gasteiger partial charge in [-0.15, -0.1) is 0 Å². The number of nitro groups is 1. The summed E-state index contributed by atoms with van der Waals surface area (Å²) in [6.45, 7) is 4.79. The largest absolute Gasteiger partial charge is 0.460 e. The Morgan fingerprint density at radius 1 is 0.471 bits per heavy atom. The lowest BCUT2D eigenvalue weighted by Gasteiger charge is -2.33. The summed E-state index contributed by atoms with van der Waals surface area (Å²) in [5.41, 5.74) is 2.52. The fourth-order valence-corrected chi connectivity index (χ4v) is 7.17. The van der Waals surface area contributed by atoms with Gasteiger partial charge in [-0.3, -0.25) is 48.9 Å². The van der Waals surface area contributed by atoms with E-state index in [1.54, 1.807) is 0 Å². The molecule has 0 spiro atoms. The number of ether oxygens (including phenoxy) is 4. The molecule has 0 bridgehead atoms. The molecule has 364 valence electrons. The van der Waals surface area contributed by atoms with Crippen LogP contribution in [0.15, 0.2) is 115 Å². The fourth-order valence-electron chi connectivity index (χ4n) is 7.17. The van der Waals surface area contributed by atoms with Crippen LogP contribution in [0.4, 0.5) is 10.5 Å². The van der Waals surface area contributed by atoms with Crippen molar-refractivity contribution < 1.29 is 47.8 Å². The molecular formula is C50H63N7O11. The van der Waals surface area contributed by atoms with Crippen molar-refractivity contribution in [1.29, 1.82) is 0 Å². The lowest BCUT2D eigenvalue weighted by molar-refractivity contribution is -0.384. The molecular weight excluding hydrogens is 875 g/mol. The summed E-state index contributed by atoms with van der Waals surface area (Å²) in [6.07, 6.45) is 2.39. The predicted molar refractivity (Wildman–Crippen MR) is 253 cm³/mol. The van der Waals surface area contributed by atoms with Gasteiger partial charge in [-0.25, -0.2) is 4.79 Å². The second-order valence-corrected chi connectivity index (χ2v) is 16.4. The van der Waals surface area contributed by atoms with Gasteiger partial charge in [-0.05, 0) is 41.7 Å². The van der Waals surface area contributed by atoms with Crippen molar-refractivity contribution in [2.45, 2.75) is 45.5 Å². The molecule has 1 fully saturated rings. The van der Waals surface area contributed by atoms with Gasteiger partial charge in [0.25, 0.3) is 5.69 Å². The van der Waals surface area contributed by atoms with E-state index in [1.807, 2.05) is 111 Å². The number of nitrogens with zero attached hydrogens (tertiary/aromatic N) is 5. The highest BCUT2D eigenvalue weighted by Gasteiger charge is 2.23. The molecule has 68 heavy (non-hydrogen) atoms. The maximum Gasteiger partial charge on any atom is 0.412 e. The molecule has 0 saturated carbocycles. The summed E-state index contributed by atoms with van der Waals surface area (Å²) in [5, 5.41) is 16.5. The SMILES string of the molecule is O=C(CN1CCN(CC(=O)OCc2ccccc2)CCN(CC(=O)OCc2ccccc2)CCN(CC(=O)OCc2ccccc2)CC1)NCCCCCCNC(=O)Oc1ccc([N+](=O)[O-])cc1. The summed E-state index contributed by atoms with van der Waals surface area (Å²) >= 11 is 0. The second-order valence-electron chi connectivity index (χ2n) is 16.4. The van der Waals surface area contributed by atoms with Crippen LogP contribution in [-0.2, 0) is 53.2 Å². The quantitative estimate of drug-likeness (QED) is 0.0337. The first-order valence-corrected chi connectivity index (χ1v) is 23.0. The number of carbonyl (C=O) groups is 5. The Balaban J connectivity index is 1.15. The van der Waals surface area contributed by atoms with Crippen molar-refractivity contribution in [3.63, 3.8) is 0 Å². The molecule has 0 atom stereocenters. The highest BCUT2D eigenvalue weighted by molar-refractivity contribution is 5.78. The van der Waals surface area contributed by atoms with Crippen LogP contribution >= 0.6 is 0 Å². The Kier molecular flexibility index (Phi) is 22.9. The maximum absolute atomic E-state index is 13.4. The number of benzene rings is 4. The molecule has 1 aliphatic rings. The maximum atomic E-state index is 13.4. The minimum atomic E-state index is -0.649. The summed E-state index contributed by atoms with van der Waals surface area (Å²) < 4.78 is 22.1. The van der Waals surface area contributed by atoms with E-state index in [9.17, 15) is 34.1 Å². The topological polar surface area (TPSA) is 202 Å². The third-order valence-electron chi connectivity index (χ3n) is 11.0. The highest BCUT2D eigenvalue weighted by Crippen LogP contribution is 2.17. The van der Waals surface area contributed by atoms with E-state index in [2.05, 4.69) is 10.6 Å². The van der Waals surface area contributed by atoms with Crippen LogP contribution < -0.4 is 15.4 Å². The van der Waals surface area contributed by atoms with Crippen LogP contribution in [0.1, 0.15) is 42.4 Å². The predicted octanol–water partition coefficient (Wildman–Crippen LogP) is 4.81. The molecule has 4 aromatic carbocycles. The van der Waals surface area contributed by atoms with Gasteiger partial charge >= 0.3 is 24.0 Å². The Morgan fingerprint density at radius 3 is 1.19 bits per heavy atom. The van der Waals surface area contributed by atoms with E-state index in [0.717, 1.165) is 36.0 Å².